The van der Waals surface area contributed by atoms with Crippen LogP contribution in [0.3, 0.4) is 0 Å². The summed E-state index contributed by atoms with van der Waals surface area (Å²) in [6.45, 7) is 0. The monoisotopic (exact) mass is 235 g/mol. The molecule has 0 fully saturated rings. The van der Waals surface area contributed by atoms with Crippen molar-refractivity contribution in [1.82, 2.24) is 9.97 Å². The molecule has 0 aliphatic heterocycles. The normalized spacial score (nSPS) is 9.88. The fraction of sp³-hybridized carbons (Fsp3) is 0.0909. The third-order valence-electron chi connectivity index (χ3n) is 1.95. The van der Waals surface area contributed by atoms with Crippen LogP contribution in [0.5, 0.6) is 5.75 Å². The number of rotatable bonds is 3. The number of hydrogen-bond donors (Lipinski definition) is 1. The van der Waals surface area contributed by atoms with Gasteiger partial charge in [-0.2, -0.15) is 0 Å². The fourth-order valence-electron chi connectivity index (χ4n) is 1.21. The van der Waals surface area contributed by atoms with Crippen LogP contribution in [0.15, 0.2) is 36.7 Å². The van der Waals surface area contributed by atoms with Crippen LogP contribution in [-0.2, 0) is 0 Å². The van der Waals surface area contributed by atoms with E-state index >= 15 is 0 Å². The van der Waals surface area contributed by atoms with Gasteiger partial charge in [-0.3, -0.25) is 0 Å². The zero-order chi connectivity index (χ0) is 11.4. The molecular weight excluding hydrogens is 226 g/mol. The maximum absolute atomic E-state index is 5.69. The number of aromatic nitrogens is 2. The van der Waals surface area contributed by atoms with Gasteiger partial charge < -0.3 is 10.1 Å². The first-order valence-electron chi connectivity index (χ1n) is 4.66. The standard InChI is InChI=1S/C11H10ClN3O/c1-16-10-4-2-3-9(5-10)15-11-13-6-8(12)7-14-11/h2-7H,1H3,(H,13,14,15). The zero-order valence-corrected chi connectivity index (χ0v) is 9.40. The van der Waals surface area contributed by atoms with Gasteiger partial charge in [-0.15, -0.1) is 0 Å². The second-order valence-electron chi connectivity index (χ2n) is 3.08. The first kappa shape index (κ1) is 10.7. The van der Waals surface area contributed by atoms with Crippen molar-refractivity contribution >= 4 is 23.2 Å². The van der Waals surface area contributed by atoms with E-state index in [1.807, 2.05) is 24.3 Å². The molecule has 0 amide bonds. The summed E-state index contributed by atoms with van der Waals surface area (Å²) < 4.78 is 5.11. The van der Waals surface area contributed by atoms with Gasteiger partial charge >= 0.3 is 0 Å². The Balaban J connectivity index is 2.16. The zero-order valence-electron chi connectivity index (χ0n) is 8.64. The maximum Gasteiger partial charge on any atom is 0.227 e. The molecule has 1 heterocycles. The molecule has 82 valence electrons. The summed E-state index contributed by atoms with van der Waals surface area (Å²) in [7, 11) is 1.62. The first-order valence-corrected chi connectivity index (χ1v) is 5.04. The van der Waals surface area contributed by atoms with Crippen molar-refractivity contribution in [2.24, 2.45) is 0 Å². The molecule has 2 rings (SSSR count). The molecule has 5 heteroatoms. The molecule has 0 aliphatic carbocycles. The van der Waals surface area contributed by atoms with Gasteiger partial charge in [0.2, 0.25) is 5.95 Å². The summed E-state index contributed by atoms with van der Waals surface area (Å²) in [5.74, 6) is 1.27. The van der Waals surface area contributed by atoms with E-state index in [1.165, 1.54) is 12.4 Å². The van der Waals surface area contributed by atoms with Gasteiger partial charge in [0.25, 0.3) is 0 Å². The van der Waals surface area contributed by atoms with E-state index in [9.17, 15) is 0 Å². The Morgan fingerprint density at radius 2 is 2.00 bits per heavy atom. The van der Waals surface area contributed by atoms with Crippen molar-refractivity contribution in [2.75, 3.05) is 12.4 Å². The van der Waals surface area contributed by atoms with Gasteiger partial charge in [-0.25, -0.2) is 9.97 Å². The Morgan fingerprint density at radius 1 is 1.25 bits per heavy atom. The highest BCUT2D eigenvalue weighted by Crippen LogP contribution is 2.19. The van der Waals surface area contributed by atoms with Gasteiger partial charge in [0.1, 0.15) is 5.75 Å². The van der Waals surface area contributed by atoms with Crippen LogP contribution in [-0.4, -0.2) is 17.1 Å². The highest BCUT2D eigenvalue weighted by molar-refractivity contribution is 6.30. The predicted octanol–water partition coefficient (Wildman–Crippen LogP) is 2.88. The van der Waals surface area contributed by atoms with Crippen molar-refractivity contribution in [3.05, 3.63) is 41.7 Å². The van der Waals surface area contributed by atoms with Crippen LogP contribution in [0, 0.1) is 0 Å². The van der Waals surface area contributed by atoms with Gasteiger partial charge in [0.15, 0.2) is 0 Å². The summed E-state index contributed by atoms with van der Waals surface area (Å²) in [4.78, 5) is 8.07. The van der Waals surface area contributed by atoms with Crippen molar-refractivity contribution < 1.29 is 4.74 Å². The van der Waals surface area contributed by atoms with Crippen LogP contribution < -0.4 is 10.1 Å². The first-order chi connectivity index (χ1) is 7.78. The SMILES string of the molecule is COc1cccc(Nc2ncc(Cl)cn2)c1. The summed E-state index contributed by atoms with van der Waals surface area (Å²) in [5.41, 5.74) is 0.863. The second kappa shape index (κ2) is 4.81. The van der Waals surface area contributed by atoms with E-state index in [2.05, 4.69) is 15.3 Å². The minimum atomic E-state index is 0.498. The summed E-state index contributed by atoms with van der Waals surface area (Å²) in [6.07, 6.45) is 3.08. The Kier molecular flexibility index (Phi) is 3.22. The summed E-state index contributed by atoms with van der Waals surface area (Å²) in [5, 5.41) is 3.56. The highest BCUT2D eigenvalue weighted by Gasteiger charge is 1.98. The number of anilines is 2. The molecule has 0 bridgehead atoms. The number of nitrogens with one attached hydrogen (secondary N) is 1. The van der Waals surface area contributed by atoms with Crippen molar-refractivity contribution in [3.63, 3.8) is 0 Å². The smallest absolute Gasteiger partial charge is 0.227 e. The van der Waals surface area contributed by atoms with Gasteiger partial charge in [0.05, 0.1) is 24.5 Å². The minimum Gasteiger partial charge on any atom is -0.497 e. The summed E-state index contributed by atoms with van der Waals surface area (Å²) in [6, 6.07) is 7.52. The molecule has 1 aromatic carbocycles. The average Bonchev–Trinajstić information content (AvgIpc) is 2.32. The fourth-order valence-corrected chi connectivity index (χ4v) is 1.30. The molecule has 0 saturated heterocycles. The molecule has 0 unspecified atom stereocenters. The van der Waals surface area contributed by atoms with E-state index < -0.39 is 0 Å². The van der Waals surface area contributed by atoms with Crippen LogP contribution in [0.2, 0.25) is 5.02 Å². The number of halogens is 1. The Labute approximate surface area is 98.3 Å². The largest absolute Gasteiger partial charge is 0.497 e. The number of benzene rings is 1. The molecule has 0 saturated carbocycles. The molecular formula is C11H10ClN3O. The number of methoxy groups -OCH3 is 1. The highest BCUT2D eigenvalue weighted by atomic mass is 35.5. The quantitative estimate of drug-likeness (QED) is 0.889. The van der Waals surface area contributed by atoms with Gasteiger partial charge in [-0.1, -0.05) is 17.7 Å². The lowest BCUT2D eigenvalue weighted by atomic mass is 10.3. The molecule has 2 aromatic rings. The molecule has 0 atom stereocenters. The van der Waals surface area contributed by atoms with Gasteiger partial charge in [-0.05, 0) is 12.1 Å². The molecule has 0 spiro atoms. The van der Waals surface area contributed by atoms with E-state index in [0.29, 0.717) is 11.0 Å². The van der Waals surface area contributed by atoms with Crippen LogP contribution >= 0.6 is 11.6 Å². The number of hydrogen-bond acceptors (Lipinski definition) is 4. The molecule has 16 heavy (non-hydrogen) atoms. The lowest BCUT2D eigenvalue weighted by Crippen LogP contribution is -1.96. The molecule has 4 nitrogen and oxygen atoms in total. The van der Waals surface area contributed by atoms with Crippen LogP contribution in [0.1, 0.15) is 0 Å². The van der Waals surface area contributed by atoms with E-state index in [-0.39, 0.29) is 0 Å². The topological polar surface area (TPSA) is 47.0 Å². The average molecular weight is 236 g/mol. The second-order valence-corrected chi connectivity index (χ2v) is 3.52. The lowest BCUT2D eigenvalue weighted by molar-refractivity contribution is 0.415. The minimum absolute atomic E-state index is 0.498. The third kappa shape index (κ3) is 2.61. The molecule has 1 N–H and O–H groups in total. The van der Waals surface area contributed by atoms with E-state index in [1.54, 1.807) is 7.11 Å². The predicted molar refractivity (Wildman–Crippen MR) is 63.3 cm³/mol. The van der Waals surface area contributed by atoms with Crippen LogP contribution in [0.4, 0.5) is 11.6 Å². The van der Waals surface area contributed by atoms with Gasteiger partial charge in [0, 0.05) is 11.8 Å². The number of ether oxygens (including phenoxy) is 1. The Morgan fingerprint density at radius 3 is 2.69 bits per heavy atom. The maximum atomic E-state index is 5.69. The van der Waals surface area contributed by atoms with Crippen molar-refractivity contribution in [2.45, 2.75) is 0 Å². The Hall–Kier alpha value is -1.81. The lowest BCUT2D eigenvalue weighted by Gasteiger charge is -2.06. The van der Waals surface area contributed by atoms with Crippen LogP contribution in [0.25, 0.3) is 0 Å². The summed E-state index contributed by atoms with van der Waals surface area (Å²) >= 11 is 5.69. The molecule has 0 radical (unpaired) electrons. The number of nitrogens with zero attached hydrogens (tertiary/aromatic N) is 2. The van der Waals surface area contributed by atoms with E-state index in [0.717, 1.165) is 11.4 Å². The molecule has 1 aromatic heterocycles. The molecule has 0 aliphatic rings. The third-order valence-corrected chi connectivity index (χ3v) is 2.14. The van der Waals surface area contributed by atoms with E-state index in [4.69, 9.17) is 16.3 Å². The van der Waals surface area contributed by atoms with Crippen molar-refractivity contribution in [3.8, 4) is 5.75 Å². The Bertz CT molecular complexity index is 473. The van der Waals surface area contributed by atoms with Crippen molar-refractivity contribution in [1.29, 1.82) is 0 Å².